The number of amides is 1. The van der Waals surface area contributed by atoms with E-state index in [1.807, 2.05) is 0 Å². The van der Waals surface area contributed by atoms with Crippen molar-refractivity contribution in [1.82, 2.24) is 0 Å². The van der Waals surface area contributed by atoms with E-state index in [0.717, 1.165) is 36.1 Å². The summed E-state index contributed by atoms with van der Waals surface area (Å²) in [6, 6.07) is 2.61. The van der Waals surface area contributed by atoms with E-state index in [2.05, 4.69) is 5.32 Å². The number of aromatic nitrogens is 1. The third kappa shape index (κ3) is 5.11. The highest BCUT2D eigenvalue weighted by molar-refractivity contribution is 7.17. The van der Waals surface area contributed by atoms with Crippen molar-refractivity contribution in [2.45, 2.75) is 45.6 Å². The molecule has 0 aromatic carbocycles. The number of carbonyl (C=O) groups is 3. The van der Waals surface area contributed by atoms with Crippen molar-refractivity contribution in [3.8, 4) is 0 Å². The number of esters is 2. The maximum atomic E-state index is 12.6. The van der Waals surface area contributed by atoms with E-state index in [1.54, 1.807) is 13.8 Å². The van der Waals surface area contributed by atoms with E-state index >= 15 is 0 Å². The second kappa shape index (κ2) is 9.04. The third-order valence-electron chi connectivity index (χ3n) is 4.34. The highest BCUT2D eigenvalue weighted by Gasteiger charge is 2.28. The predicted molar refractivity (Wildman–Crippen MR) is 106 cm³/mol. The van der Waals surface area contributed by atoms with Gasteiger partial charge in [0.1, 0.15) is 5.00 Å². The Kier molecular flexibility index (Phi) is 6.48. The zero-order chi connectivity index (χ0) is 21.0. The first-order valence-electron chi connectivity index (χ1n) is 9.36. The molecule has 1 aliphatic rings. The lowest BCUT2D eigenvalue weighted by atomic mass is 9.95. The normalized spacial score (nSPS) is 12.9. The summed E-state index contributed by atoms with van der Waals surface area (Å²) in [5.74, 6) is -1.72. The maximum absolute atomic E-state index is 12.6. The Balaban J connectivity index is 1.69. The van der Waals surface area contributed by atoms with Crippen LogP contribution in [0.5, 0.6) is 0 Å². The lowest BCUT2D eigenvalue weighted by Gasteiger charge is -2.14. The highest BCUT2D eigenvalue weighted by atomic mass is 32.1. The van der Waals surface area contributed by atoms with Gasteiger partial charge in [-0.3, -0.25) is 4.79 Å². The van der Waals surface area contributed by atoms with Crippen molar-refractivity contribution < 1.29 is 28.6 Å². The summed E-state index contributed by atoms with van der Waals surface area (Å²) >= 11 is 1.37. The van der Waals surface area contributed by atoms with E-state index in [1.165, 1.54) is 35.9 Å². The van der Waals surface area contributed by atoms with Crippen molar-refractivity contribution >= 4 is 34.2 Å². The van der Waals surface area contributed by atoms with Gasteiger partial charge in [-0.05, 0) is 45.1 Å². The fourth-order valence-electron chi connectivity index (χ4n) is 3.07. The molecule has 0 bridgehead atoms. The summed E-state index contributed by atoms with van der Waals surface area (Å²) in [5.41, 5.74) is 1.51. The lowest BCUT2D eigenvalue weighted by Crippen LogP contribution is -2.25. The molecule has 29 heavy (non-hydrogen) atoms. The number of fused-ring (bicyclic) bond motifs is 1. The van der Waals surface area contributed by atoms with Gasteiger partial charge in [-0.1, -0.05) is 0 Å². The van der Waals surface area contributed by atoms with E-state index in [-0.39, 0.29) is 11.7 Å². The van der Waals surface area contributed by atoms with Gasteiger partial charge in [0.2, 0.25) is 0 Å². The van der Waals surface area contributed by atoms with Gasteiger partial charge < -0.3 is 20.0 Å². The molecule has 2 aromatic rings. The van der Waals surface area contributed by atoms with Gasteiger partial charge >= 0.3 is 11.9 Å². The predicted octanol–water partition coefficient (Wildman–Crippen LogP) is 2.62. The molecule has 2 heterocycles. The number of aryl methyl sites for hydroxylation is 1. The smallest absolute Gasteiger partial charge is 0.341 e. The minimum absolute atomic E-state index is 0.165. The Morgan fingerprint density at radius 3 is 2.55 bits per heavy atom. The van der Waals surface area contributed by atoms with Crippen LogP contribution in [0.2, 0.25) is 0 Å². The Morgan fingerprint density at radius 1 is 1.17 bits per heavy atom. The molecular weight excluding hydrogens is 396 g/mol. The molecule has 1 amide bonds. The first-order valence-corrected chi connectivity index (χ1v) is 10.2. The zero-order valence-corrected chi connectivity index (χ0v) is 17.0. The Hall–Kier alpha value is -2.94. The lowest BCUT2D eigenvalue weighted by molar-refractivity contribution is -0.605. The molecule has 9 heteroatoms. The topological polar surface area (TPSA) is 109 Å². The summed E-state index contributed by atoms with van der Waals surface area (Å²) in [6.07, 6.45) is 5.71. The number of hydrogen-bond acceptors (Lipinski definition) is 7. The number of nitrogens with zero attached hydrogens (tertiary/aromatic N) is 1. The van der Waals surface area contributed by atoms with Crippen molar-refractivity contribution in [2.75, 3.05) is 11.9 Å². The van der Waals surface area contributed by atoms with Crippen LogP contribution < -0.4 is 10.0 Å². The number of anilines is 1. The largest absolute Gasteiger partial charge is 0.619 e. The molecule has 0 spiro atoms. The van der Waals surface area contributed by atoms with Crippen LogP contribution in [0.1, 0.15) is 57.8 Å². The molecule has 0 saturated heterocycles. The maximum Gasteiger partial charge on any atom is 0.341 e. The Morgan fingerprint density at radius 2 is 1.86 bits per heavy atom. The van der Waals surface area contributed by atoms with E-state index in [0.29, 0.717) is 15.3 Å². The summed E-state index contributed by atoms with van der Waals surface area (Å²) in [7, 11) is 0. The number of hydrogen-bond donors (Lipinski definition) is 1. The van der Waals surface area contributed by atoms with Crippen molar-refractivity contribution in [1.29, 1.82) is 0 Å². The fraction of sp³-hybridized carbons (Fsp3) is 0.400. The second-order valence-electron chi connectivity index (χ2n) is 6.94. The van der Waals surface area contributed by atoms with Gasteiger partial charge in [0.15, 0.2) is 19.0 Å². The van der Waals surface area contributed by atoms with Crippen LogP contribution in [0.4, 0.5) is 5.00 Å². The number of pyridine rings is 1. The summed E-state index contributed by atoms with van der Waals surface area (Å²) < 4.78 is 10.9. The minimum atomic E-state index is -0.717. The van der Waals surface area contributed by atoms with Crippen LogP contribution in [-0.4, -0.2) is 30.6 Å². The summed E-state index contributed by atoms with van der Waals surface area (Å²) in [5, 5.41) is 14.1. The quantitative estimate of drug-likeness (QED) is 0.439. The summed E-state index contributed by atoms with van der Waals surface area (Å²) in [6.45, 7) is 3.03. The second-order valence-corrected chi connectivity index (χ2v) is 8.05. The van der Waals surface area contributed by atoms with Gasteiger partial charge in [-0.2, -0.15) is 4.73 Å². The first kappa shape index (κ1) is 20.8. The van der Waals surface area contributed by atoms with Crippen LogP contribution in [0.15, 0.2) is 24.5 Å². The Labute approximate surface area is 172 Å². The molecule has 3 rings (SSSR count). The van der Waals surface area contributed by atoms with E-state index < -0.39 is 24.5 Å². The average Bonchev–Trinajstić information content (AvgIpc) is 3.04. The molecule has 0 aliphatic heterocycles. The molecule has 0 atom stereocenters. The first-order chi connectivity index (χ1) is 13.8. The fourth-order valence-corrected chi connectivity index (χ4v) is 4.36. The van der Waals surface area contributed by atoms with Gasteiger partial charge in [-0.15, -0.1) is 11.3 Å². The van der Waals surface area contributed by atoms with Gasteiger partial charge in [-0.25, -0.2) is 9.59 Å². The SMILES string of the molecule is CC(C)OC(=O)c1c(NC(=O)COC(=O)c2cc[n+]([O-])cc2)sc2c1CCCC2. The number of carbonyl (C=O) groups excluding carboxylic acids is 3. The molecule has 0 saturated carbocycles. The number of nitrogens with one attached hydrogen (secondary N) is 1. The van der Waals surface area contributed by atoms with Crippen LogP contribution >= 0.6 is 11.3 Å². The molecular formula is C20H22N2O6S. The van der Waals surface area contributed by atoms with Crippen LogP contribution in [0, 0.1) is 5.21 Å². The molecule has 1 aliphatic carbocycles. The van der Waals surface area contributed by atoms with E-state index in [9.17, 15) is 19.6 Å². The van der Waals surface area contributed by atoms with Crippen LogP contribution in [0.25, 0.3) is 0 Å². The Bertz CT molecular complexity index is 920. The van der Waals surface area contributed by atoms with Crippen LogP contribution in [-0.2, 0) is 27.1 Å². The molecule has 8 nitrogen and oxygen atoms in total. The van der Waals surface area contributed by atoms with Gasteiger partial charge in [0.05, 0.1) is 17.2 Å². The monoisotopic (exact) mass is 418 g/mol. The average molecular weight is 418 g/mol. The van der Waals surface area contributed by atoms with Crippen molar-refractivity contribution in [3.63, 3.8) is 0 Å². The number of thiophene rings is 1. The number of rotatable bonds is 6. The zero-order valence-electron chi connectivity index (χ0n) is 16.2. The molecule has 0 fully saturated rings. The summed E-state index contributed by atoms with van der Waals surface area (Å²) in [4.78, 5) is 38.0. The van der Waals surface area contributed by atoms with E-state index in [4.69, 9.17) is 9.47 Å². The van der Waals surface area contributed by atoms with Crippen molar-refractivity contribution in [3.05, 3.63) is 51.3 Å². The van der Waals surface area contributed by atoms with Gasteiger partial charge in [0, 0.05) is 17.0 Å². The van der Waals surface area contributed by atoms with Crippen LogP contribution in [0.3, 0.4) is 0 Å². The minimum Gasteiger partial charge on any atom is -0.619 e. The molecule has 0 unspecified atom stereocenters. The van der Waals surface area contributed by atoms with Crippen molar-refractivity contribution in [2.24, 2.45) is 0 Å². The standard InChI is InChI=1S/C20H22N2O6S/c1-12(2)28-20(25)17-14-5-3-4-6-15(14)29-18(17)21-16(23)11-27-19(24)13-7-9-22(26)10-8-13/h7-10,12H,3-6,11H2,1-2H3,(H,21,23). The third-order valence-corrected chi connectivity index (χ3v) is 5.55. The molecule has 0 radical (unpaired) electrons. The molecule has 1 N–H and O–H groups in total. The van der Waals surface area contributed by atoms with Gasteiger partial charge in [0.25, 0.3) is 5.91 Å². The highest BCUT2D eigenvalue weighted by Crippen LogP contribution is 2.38. The number of ether oxygens (including phenoxy) is 2. The molecule has 154 valence electrons. The molecule has 2 aromatic heterocycles.